The molecule has 0 radical (unpaired) electrons. The Kier molecular flexibility index (Phi) is 2.72. The van der Waals surface area contributed by atoms with E-state index in [0.717, 1.165) is 35.4 Å². The number of rotatable bonds is 2. The van der Waals surface area contributed by atoms with E-state index in [0.29, 0.717) is 0 Å². The second-order valence-corrected chi connectivity index (χ2v) is 5.52. The summed E-state index contributed by atoms with van der Waals surface area (Å²) in [4.78, 5) is 4.49. The van der Waals surface area contributed by atoms with E-state index in [2.05, 4.69) is 33.9 Å². The number of benzene rings is 1. The first-order chi connectivity index (χ1) is 10.3. The minimum absolute atomic E-state index is 0.00470. The van der Waals surface area contributed by atoms with Crippen LogP contribution in [0.4, 0.5) is 5.69 Å². The summed E-state index contributed by atoms with van der Waals surface area (Å²) in [6, 6.07) is 10.3. The topological polar surface area (TPSA) is 50.1 Å². The van der Waals surface area contributed by atoms with Crippen molar-refractivity contribution in [1.29, 1.82) is 0 Å². The quantitative estimate of drug-likeness (QED) is 0.758. The Bertz CT molecular complexity index is 835. The van der Waals surface area contributed by atoms with Crippen molar-refractivity contribution in [3.8, 4) is 5.69 Å². The van der Waals surface area contributed by atoms with Gasteiger partial charge in [-0.15, -0.1) is 0 Å². The van der Waals surface area contributed by atoms with Crippen LogP contribution in [0.1, 0.15) is 16.8 Å². The molecule has 4 nitrogen and oxygen atoms in total. The SMILES string of the molecule is Cc1cc(-n2c(CO)cc3cccnc32)cc2c1NCC2. The van der Waals surface area contributed by atoms with Crippen LogP contribution in [0.5, 0.6) is 0 Å². The molecule has 2 N–H and O–H groups in total. The third-order valence-corrected chi connectivity index (χ3v) is 4.16. The lowest BCUT2D eigenvalue weighted by molar-refractivity contribution is 0.275. The summed E-state index contributed by atoms with van der Waals surface area (Å²) in [5.41, 5.74) is 6.68. The molecule has 1 aliphatic rings. The largest absolute Gasteiger partial charge is 0.390 e. The maximum atomic E-state index is 9.68. The Labute approximate surface area is 123 Å². The molecule has 0 unspecified atom stereocenters. The Balaban J connectivity index is 2.00. The Hall–Kier alpha value is -2.33. The molecule has 0 bridgehead atoms. The van der Waals surface area contributed by atoms with E-state index in [1.54, 1.807) is 6.20 Å². The first-order valence-electron chi connectivity index (χ1n) is 7.22. The van der Waals surface area contributed by atoms with Gasteiger partial charge in [-0.2, -0.15) is 0 Å². The second-order valence-electron chi connectivity index (χ2n) is 5.52. The van der Waals surface area contributed by atoms with Crippen LogP contribution in [0.25, 0.3) is 16.7 Å². The van der Waals surface area contributed by atoms with Gasteiger partial charge in [-0.05, 0) is 54.8 Å². The van der Waals surface area contributed by atoms with Gasteiger partial charge in [0.05, 0.1) is 12.3 Å². The monoisotopic (exact) mass is 279 g/mol. The number of aromatic nitrogens is 2. The van der Waals surface area contributed by atoms with Gasteiger partial charge < -0.3 is 10.4 Å². The van der Waals surface area contributed by atoms with Crippen molar-refractivity contribution in [2.75, 3.05) is 11.9 Å². The summed E-state index contributed by atoms with van der Waals surface area (Å²) >= 11 is 0. The molecule has 0 aliphatic carbocycles. The van der Waals surface area contributed by atoms with Crippen molar-refractivity contribution < 1.29 is 5.11 Å². The van der Waals surface area contributed by atoms with Gasteiger partial charge in [0.1, 0.15) is 5.65 Å². The summed E-state index contributed by atoms with van der Waals surface area (Å²) in [5, 5.41) is 14.2. The van der Waals surface area contributed by atoms with E-state index in [4.69, 9.17) is 0 Å². The number of aryl methyl sites for hydroxylation is 1. The highest BCUT2D eigenvalue weighted by molar-refractivity contribution is 5.80. The molecule has 0 atom stereocenters. The predicted octanol–water partition coefficient (Wildman–Crippen LogP) is 2.79. The van der Waals surface area contributed by atoms with E-state index >= 15 is 0 Å². The van der Waals surface area contributed by atoms with Crippen molar-refractivity contribution in [2.24, 2.45) is 0 Å². The fourth-order valence-corrected chi connectivity index (χ4v) is 3.23. The first-order valence-corrected chi connectivity index (χ1v) is 7.22. The summed E-state index contributed by atoms with van der Waals surface area (Å²) < 4.78 is 2.06. The number of pyridine rings is 1. The average Bonchev–Trinajstić information content (AvgIpc) is 3.10. The lowest BCUT2D eigenvalue weighted by Gasteiger charge is -2.13. The van der Waals surface area contributed by atoms with Crippen LogP contribution in [0.3, 0.4) is 0 Å². The normalized spacial score (nSPS) is 13.4. The predicted molar refractivity (Wildman–Crippen MR) is 83.9 cm³/mol. The molecule has 4 heteroatoms. The van der Waals surface area contributed by atoms with Crippen LogP contribution in [0.15, 0.2) is 36.5 Å². The van der Waals surface area contributed by atoms with E-state index in [9.17, 15) is 5.11 Å². The third kappa shape index (κ3) is 1.83. The van der Waals surface area contributed by atoms with Gasteiger partial charge in [-0.1, -0.05) is 0 Å². The molecule has 0 amide bonds. The van der Waals surface area contributed by atoms with E-state index in [1.807, 2.05) is 18.2 Å². The zero-order chi connectivity index (χ0) is 14.4. The standard InChI is InChI=1S/C17H17N3O/c1-11-7-14(8-12-4-6-18-16(11)12)20-15(10-21)9-13-3-2-5-19-17(13)20/h2-3,5,7-9,18,21H,4,6,10H2,1H3. The summed E-state index contributed by atoms with van der Waals surface area (Å²) in [7, 11) is 0. The van der Waals surface area contributed by atoms with Crippen LogP contribution in [0, 0.1) is 6.92 Å². The zero-order valence-electron chi connectivity index (χ0n) is 11.9. The number of anilines is 1. The Morgan fingerprint density at radius 3 is 3.10 bits per heavy atom. The second kappa shape index (κ2) is 4.60. The van der Waals surface area contributed by atoms with Crippen LogP contribution in [0.2, 0.25) is 0 Å². The van der Waals surface area contributed by atoms with Crippen molar-refractivity contribution in [3.63, 3.8) is 0 Å². The molecule has 3 heterocycles. The molecule has 0 saturated heterocycles. The van der Waals surface area contributed by atoms with E-state index in [-0.39, 0.29) is 6.61 Å². The van der Waals surface area contributed by atoms with E-state index < -0.39 is 0 Å². The number of nitrogens with one attached hydrogen (secondary N) is 1. The Morgan fingerprint density at radius 2 is 2.24 bits per heavy atom. The number of aliphatic hydroxyl groups excluding tert-OH is 1. The fraction of sp³-hybridized carbons (Fsp3) is 0.235. The van der Waals surface area contributed by atoms with Crippen molar-refractivity contribution >= 4 is 16.7 Å². The molecule has 0 spiro atoms. The van der Waals surface area contributed by atoms with Crippen LogP contribution < -0.4 is 5.32 Å². The van der Waals surface area contributed by atoms with Crippen molar-refractivity contribution in [1.82, 2.24) is 9.55 Å². The van der Waals surface area contributed by atoms with Crippen molar-refractivity contribution in [2.45, 2.75) is 20.0 Å². The first kappa shape index (κ1) is 12.4. The average molecular weight is 279 g/mol. The molecule has 0 saturated carbocycles. The van der Waals surface area contributed by atoms with Gasteiger partial charge in [0.2, 0.25) is 0 Å². The molecule has 106 valence electrons. The minimum atomic E-state index is 0.00470. The maximum absolute atomic E-state index is 9.68. The number of nitrogens with zero attached hydrogens (tertiary/aromatic N) is 2. The maximum Gasteiger partial charge on any atom is 0.144 e. The van der Waals surface area contributed by atoms with Crippen LogP contribution in [-0.2, 0) is 13.0 Å². The highest BCUT2D eigenvalue weighted by Gasteiger charge is 2.17. The minimum Gasteiger partial charge on any atom is -0.390 e. The summed E-state index contributed by atoms with van der Waals surface area (Å²) in [5.74, 6) is 0. The molecular formula is C17H17N3O. The van der Waals surface area contributed by atoms with Gasteiger partial charge >= 0.3 is 0 Å². The molecule has 21 heavy (non-hydrogen) atoms. The Morgan fingerprint density at radius 1 is 1.33 bits per heavy atom. The molecule has 4 rings (SSSR count). The van der Waals surface area contributed by atoms with Crippen molar-refractivity contribution in [3.05, 3.63) is 53.3 Å². The molecule has 1 aromatic carbocycles. The van der Waals surface area contributed by atoms with Crippen LogP contribution >= 0.6 is 0 Å². The van der Waals surface area contributed by atoms with E-state index in [1.165, 1.54) is 16.8 Å². The van der Waals surface area contributed by atoms with Gasteiger partial charge in [0.15, 0.2) is 0 Å². The molecular weight excluding hydrogens is 262 g/mol. The number of fused-ring (bicyclic) bond motifs is 2. The zero-order valence-corrected chi connectivity index (χ0v) is 11.9. The number of aliphatic hydroxyl groups is 1. The highest BCUT2D eigenvalue weighted by Crippen LogP contribution is 2.31. The lowest BCUT2D eigenvalue weighted by atomic mass is 10.1. The summed E-state index contributed by atoms with van der Waals surface area (Å²) in [6.45, 7) is 3.13. The molecule has 2 aromatic heterocycles. The van der Waals surface area contributed by atoms with Gasteiger partial charge in [0, 0.05) is 29.5 Å². The lowest BCUT2D eigenvalue weighted by Crippen LogP contribution is -2.02. The number of hydrogen-bond acceptors (Lipinski definition) is 3. The van der Waals surface area contributed by atoms with Gasteiger partial charge in [0.25, 0.3) is 0 Å². The molecule has 1 aliphatic heterocycles. The molecule has 3 aromatic rings. The number of hydrogen-bond donors (Lipinski definition) is 2. The van der Waals surface area contributed by atoms with Gasteiger partial charge in [-0.25, -0.2) is 4.98 Å². The molecule has 0 fully saturated rings. The van der Waals surface area contributed by atoms with Crippen LogP contribution in [-0.4, -0.2) is 21.2 Å². The van der Waals surface area contributed by atoms with Gasteiger partial charge in [-0.3, -0.25) is 4.57 Å². The third-order valence-electron chi connectivity index (χ3n) is 4.16. The smallest absolute Gasteiger partial charge is 0.144 e. The fourth-order valence-electron chi connectivity index (χ4n) is 3.23. The highest BCUT2D eigenvalue weighted by atomic mass is 16.3. The summed E-state index contributed by atoms with van der Waals surface area (Å²) in [6.07, 6.45) is 2.84.